The van der Waals surface area contributed by atoms with Crippen molar-refractivity contribution >= 4 is 29.2 Å². The van der Waals surface area contributed by atoms with Crippen LogP contribution in [-0.4, -0.2) is 11.9 Å². The second kappa shape index (κ2) is 11.6. The highest BCUT2D eigenvalue weighted by molar-refractivity contribution is 6.30. The maximum atomic E-state index is 13.3. The van der Waals surface area contributed by atoms with Crippen molar-refractivity contribution in [1.29, 1.82) is 0 Å². The Balaban J connectivity index is 1.55. The van der Waals surface area contributed by atoms with Crippen LogP contribution in [0.15, 0.2) is 97.1 Å². The SMILES string of the molecule is Cc1cc(C)cc(NC(=O)[C@@H](OC(=O)c2ccccc2OCc2ccc(Cl)cc2)c2ccccc2)c1. The van der Waals surface area contributed by atoms with Gasteiger partial charge in [-0.3, -0.25) is 4.79 Å². The number of carbonyl (C=O) groups is 2. The summed E-state index contributed by atoms with van der Waals surface area (Å²) in [5, 5.41) is 3.52. The fourth-order valence-electron chi connectivity index (χ4n) is 3.83. The number of hydrogen-bond donors (Lipinski definition) is 1. The van der Waals surface area contributed by atoms with Gasteiger partial charge in [0.2, 0.25) is 6.10 Å². The molecule has 1 atom stereocenters. The average molecular weight is 500 g/mol. The van der Waals surface area contributed by atoms with Gasteiger partial charge >= 0.3 is 5.97 Å². The number of amides is 1. The number of benzene rings is 4. The Morgan fingerprint density at radius 1 is 0.833 bits per heavy atom. The third-order valence-corrected chi connectivity index (χ3v) is 5.72. The molecule has 4 rings (SSSR count). The summed E-state index contributed by atoms with van der Waals surface area (Å²) < 4.78 is 11.7. The Kier molecular flexibility index (Phi) is 8.03. The Hall–Kier alpha value is -4.09. The van der Waals surface area contributed by atoms with Gasteiger partial charge in [-0.25, -0.2) is 4.79 Å². The number of rotatable bonds is 8. The molecule has 0 aliphatic heterocycles. The van der Waals surface area contributed by atoms with Crippen molar-refractivity contribution < 1.29 is 19.1 Å². The number of aryl methyl sites for hydroxylation is 2. The zero-order valence-corrected chi connectivity index (χ0v) is 20.8. The lowest BCUT2D eigenvalue weighted by Crippen LogP contribution is -2.26. The quantitative estimate of drug-likeness (QED) is 0.263. The van der Waals surface area contributed by atoms with E-state index in [2.05, 4.69) is 5.32 Å². The normalized spacial score (nSPS) is 11.4. The van der Waals surface area contributed by atoms with Gasteiger partial charge in [0.25, 0.3) is 5.91 Å². The molecule has 0 radical (unpaired) electrons. The largest absolute Gasteiger partial charge is 0.488 e. The van der Waals surface area contributed by atoms with E-state index in [0.29, 0.717) is 22.0 Å². The van der Waals surface area contributed by atoms with E-state index >= 15 is 0 Å². The second-order valence-corrected chi connectivity index (χ2v) is 8.91. The molecule has 0 saturated heterocycles. The lowest BCUT2D eigenvalue weighted by Gasteiger charge is -2.19. The monoisotopic (exact) mass is 499 g/mol. The van der Waals surface area contributed by atoms with Crippen molar-refractivity contribution in [3.63, 3.8) is 0 Å². The maximum Gasteiger partial charge on any atom is 0.343 e. The molecule has 4 aromatic rings. The van der Waals surface area contributed by atoms with Crippen LogP contribution in [-0.2, 0) is 16.1 Å². The summed E-state index contributed by atoms with van der Waals surface area (Å²) in [5.41, 5.74) is 4.37. The molecule has 36 heavy (non-hydrogen) atoms. The van der Waals surface area contributed by atoms with Gasteiger partial charge in [0.15, 0.2) is 0 Å². The zero-order valence-electron chi connectivity index (χ0n) is 20.0. The summed E-state index contributed by atoms with van der Waals surface area (Å²) >= 11 is 5.95. The number of carbonyl (C=O) groups excluding carboxylic acids is 2. The molecule has 0 saturated carbocycles. The van der Waals surface area contributed by atoms with Crippen LogP contribution in [0, 0.1) is 13.8 Å². The minimum Gasteiger partial charge on any atom is -0.488 e. The molecule has 182 valence electrons. The van der Waals surface area contributed by atoms with Crippen LogP contribution in [0.1, 0.15) is 38.7 Å². The van der Waals surface area contributed by atoms with Gasteiger partial charge in [0, 0.05) is 16.3 Å². The van der Waals surface area contributed by atoms with Crippen LogP contribution in [0.25, 0.3) is 0 Å². The molecule has 6 heteroatoms. The minimum absolute atomic E-state index is 0.228. The Labute approximate surface area is 215 Å². The molecule has 0 heterocycles. The molecule has 0 aromatic heterocycles. The molecule has 0 aliphatic carbocycles. The van der Waals surface area contributed by atoms with Crippen molar-refractivity contribution in [3.05, 3.63) is 130 Å². The fraction of sp³-hybridized carbons (Fsp3) is 0.133. The molecule has 0 aliphatic rings. The van der Waals surface area contributed by atoms with Crippen molar-refractivity contribution in [2.24, 2.45) is 0 Å². The van der Waals surface area contributed by atoms with Gasteiger partial charge in [-0.05, 0) is 66.9 Å². The number of esters is 1. The van der Waals surface area contributed by atoms with Crippen LogP contribution >= 0.6 is 11.6 Å². The zero-order chi connectivity index (χ0) is 25.5. The first kappa shape index (κ1) is 25.0. The average Bonchev–Trinajstić information content (AvgIpc) is 2.87. The van der Waals surface area contributed by atoms with Gasteiger partial charge in [-0.15, -0.1) is 0 Å². The molecule has 0 fully saturated rings. The van der Waals surface area contributed by atoms with Crippen molar-refractivity contribution in [1.82, 2.24) is 0 Å². The van der Waals surface area contributed by atoms with Crippen LogP contribution in [0.5, 0.6) is 5.75 Å². The van der Waals surface area contributed by atoms with Crippen LogP contribution < -0.4 is 10.1 Å². The molecular formula is C30H26ClNO4. The first-order chi connectivity index (χ1) is 17.4. The summed E-state index contributed by atoms with van der Waals surface area (Å²) in [5.74, 6) is -0.746. The molecule has 1 amide bonds. The van der Waals surface area contributed by atoms with Crippen LogP contribution in [0.4, 0.5) is 5.69 Å². The minimum atomic E-state index is -1.15. The summed E-state index contributed by atoms with van der Waals surface area (Å²) in [6.45, 7) is 4.16. The maximum absolute atomic E-state index is 13.3. The summed E-state index contributed by atoms with van der Waals surface area (Å²) in [6, 6.07) is 28.8. The van der Waals surface area contributed by atoms with E-state index in [9.17, 15) is 9.59 Å². The fourth-order valence-corrected chi connectivity index (χ4v) is 3.95. The molecule has 5 nitrogen and oxygen atoms in total. The number of nitrogens with one attached hydrogen (secondary N) is 1. The number of anilines is 1. The van der Waals surface area contributed by atoms with Crippen molar-refractivity contribution in [2.75, 3.05) is 5.32 Å². The molecular weight excluding hydrogens is 474 g/mol. The Morgan fingerprint density at radius 2 is 1.47 bits per heavy atom. The lowest BCUT2D eigenvalue weighted by atomic mass is 10.1. The molecule has 0 spiro atoms. The molecule has 0 unspecified atom stereocenters. The molecule has 1 N–H and O–H groups in total. The summed E-state index contributed by atoms with van der Waals surface area (Å²) in [6.07, 6.45) is -1.15. The van der Waals surface area contributed by atoms with Crippen LogP contribution in [0.3, 0.4) is 0 Å². The standard InChI is InChI=1S/C30H26ClNO4/c1-20-16-21(2)18-25(17-20)32-29(33)28(23-8-4-3-5-9-23)36-30(34)26-10-6-7-11-27(26)35-19-22-12-14-24(31)15-13-22/h3-18,28H,19H2,1-2H3,(H,32,33)/t28-/m0/s1. The third-order valence-electron chi connectivity index (χ3n) is 5.47. The summed E-state index contributed by atoms with van der Waals surface area (Å²) in [4.78, 5) is 26.6. The van der Waals surface area contributed by atoms with Crippen molar-refractivity contribution in [3.8, 4) is 5.75 Å². The van der Waals surface area contributed by atoms with E-state index in [1.165, 1.54) is 0 Å². The van der Waals surface area contributed by atoms with E-state index in [-0.39, 0.29) is 12.2 Å². The van der Waals surface area contributed by atoms with Gasteiger partial charge in [-0.1, -0.05) is 72.3 Å². The molecule has 0 bridgehead atoms. The van der Waals surface area contributed by atoms with Gasteiger partial charge < -0.3 is 14.8 Å². The first-order valence-electron chi connectivity index (χ1n) is 11.5. The predicted molar refractivity (Wildman–Crippen MR) is 141 cm³/mol. The van der Waals surface area contributed by atoms with E-state index in [1.807, 2.05) is 50.2 Å². The number of para-hydroxylation sites is 1. The topological polar surface area (TPSA) is 64.6 Å². The number of hydrogen-bond acceptors (Lipinski definition) is 4. The van der Waals surface area contributed by atoms with Gasteiger partial charge in [0.1, 0.15) is 17.9 Å². The first-order valence-corrected chi connectivity index (χ1v) is 11.9. The highest BCUT2D eigenvalue weighted by atomic mass is 35.5. The van der Waals surface area contributed by atoms with E-state index in [0.717, 1.165) is 16.7 Å². The van der Waals surface area contributed by atoms with E-state index < -0.39 is 18.0 Å². The van der Waals surface area contributed by atoms with E-state index in [4.69, 9.17) is 21.1 Å². The van der Waals surface area contributed by atoms with Crippen LogP contribution in [0.2, 0.25) is 5.02 Å². The third kappa shape index (κ3) is 6.52. The van der Waals surface area contributed by atoms with Gasteiger partial charge in [-0.2, -0.15) is 0 Å². The number of halogens is 1. The molecule has 4 aromatic carbocycles. The Bertz CT molecular complexity index is 1330. The van der Waals surface area contributed by atoms with Crippen molar-refractivity contribution in [2.45, 2.75) is 26.6 Å². The highest BCUT2D eigenvalue weighted by Crippen LogP contribution is 2.26. The smallest absolute Gasteiger partial charge is 0.343 e. The Morgan fingerprint density at radius 3 is 2.17 bits per heavy atom. The lowest BCUT2D eigenvalue weighted by molar-refractivity contribution is -0.125. The second-order valence-electron chi connectivity index (χ2n) is 8.47. The van der Waals surface area contributed by atoms with Gasteiger partial charge in [0.05, 0.1) is 0 Å². The predicted octanol–water partition coefficient (Wildman–Crippen LogP) is 7.07. The highest BCUT2D eigenvalue weighted by Gasteiger charge is 2.27. The van der Waals surface area contributed by atoms with E-state index in [1.54, 1.807) is 60.7 Å². The number of ether oxygens (including phenoxy) is 2. The summed E-state index contributed by atoms with van der Waals surface area (Å²) in [7, 11) is 0.